The van der Waals surface area contributed by atoms with Crippen molar-refractivity contribution in [3.05, 3.63) is 12.1 Å². The Labute approximate surface area is 62.5 Å². The molecule has 0 aliphatic carbocycles. The predicted octanol–water partition coefficient (Wildman–Crippen LogP) is 0.214. The number of rotatable bonds is 4. The molecule has 0 aromatic rings. The van der Waals surface area contributed by atoms with Crippen molar-refractivity contribution >= 4 is 19.6 Å². The third-order valence-corrected chi connectivity index (χ3v) is 1.91. The van der Waals surface area contributed by atoms with E-state index in [2.05, 4.69) is 12.8 Å². The minimum atomic E-state index is 0.206. The molecule has 0 aliphatic rings. The van der Waals surface area contributed by atoms with Crippen LogP contribution in [0.3, 0.4) is 0 Å². The Balaban J connectivity index is 3.27. The highest BCUT2D eigenvalue weighted by atomic mass is 32.2. The first kappa shape index (κ1) is 9.11. The lowest BCUT2D eigenvalue weighted by atomic mass is 9.89. The molecule has 0 radical (unpaired) electrons. The molecule has 52 valence electrons. The highest BCUT2D eigenvalue weighted by Gasteiger charge is 1.99. The van der Waals surface area contributed by atoms with Gasteiger partial charge in [-0.1, -0.05) is 0 Å². The normalized spacial score (nSPS) is 13.1. The van der Waals surface area contributed by atoms with E-state index in [0.29, 0.717) is 0 Å². The van der Waals surface area contributed by atoms with Crippen LogP contribution in [-0.2, 0) is 0 Å². The number of nitrogens with two attached hydrogens (primary N) is 1. The Bertz CT molecular complexity index is 95.1. The van der Waals surface area contributed by atoms with Gasteiger partial charge in [-0.05, 0) is 18.4 Å². The standard InChI is InChI=1S/C6H14BNS/c1-5(7)6(8)3-4-9-2/h6H,1,3-4,7-8H2,2H3/t6-/m0/s1. The average molecular weight is 143 g/mol. The zero-order chi connectivity index (χ0) is 7.28. The fourth-order valence-electron chi connectivity index (χ4n) is 0.491. The molecular weight excluding hydrogens is 129 g/mol. The van der Waals surface area contributed by atoms with Crippen LogP contribution in [0.25, 0.3) is 0 Å². The first-order valence-corrected chi connectivity index (χ1v) is 4.47. The van der Waals surface area contributed by atoms with Gasteiger partial charge >= 0.3 is 0 Å². The van der Waals surface area contributed by atoms with Crippen LogP contribution >= 0.6 is 11.8 Å². The van der Waals surface area contributed by atoms with Crippen LogP contribution in [-0.4, -0.2) is 25.9 Å². The summed E-state index contributed by atoms with van der Waals surface area (Å²) in [6.07, 6.45) is 3.14. The van der Waals surface area contributed by atoms with Gasteiger partial charge in [0.2, 0.25) is 0 Å². The number of hydrogen-bond donors (Lipinski definition) is 1. The summed E-state index contributed by atoms with van der Waals surface area (Å²) in [5.41, 5.74) is 6.78. The molecule has 9 heavy (non-hydrogen) atoms. The molecule has 3 heteroatoms. The quantitative estimate of drug-likeness (QED) is 0.569. The summed E-state index contributed by atoms with van der Waals surface area (Å²) in [6.45, 7) is 3.77. The first-order chi connectivity index (χ1) is 4.18. The first-order valence-electron chi connectivity index (χ1n) is 3.08. The zero-order valence-corrected chi connectivity index (χ0v) is 7.00. The maximum atomic E-state index is 5.69. The zero-order valence-electron chi connectivity index (χ0n) is 6.18. The van der Waals surface area contributed by atoms with Gasteiger partial charge in [0.1, 0.15) is 7.85 Å². The molecular formula is C6H14BNS. The van der Waals surface area contributed by atoms with Gasteiger partial charge in [-0.2, -0.15) is 11.8 Å². The molecule has 1 nitrogen and oxygen atoms in total. The van der Waals surface area contributed by atoms with Gasteiger partial charge in [0, 0.05) is 6.04 Å². The molecule has 0 spiro atoms. The molecule has 0 fully saturated rings. The maximum Gasteiger partial charge on any atom is 0.135 e. The average Bonchev–Trinajstić information content (AvgIpc) is 1.82. The summed E-state index contributed by atoms with van der Waals surface area (Å²) < 4.78 is 0. The summed E-state index contributed by atoms with van der Waals surface area (Å²) in [5, 5.41) is 0. The molecule has 1 atom stereocenters. The van der Waals surface area contributed by atoms with Crippen LogP contribution in [0.2, 0.25) is 0 Å². The third kappa shape index (κ3) is 4.61. The molecule has 2 N–H and O–H groups in total. The molecule has 0 saturated carbocycles. The second-order valence-electron chi connectivity index (χ2n) is 2.23. The lowest BCUT2D eigenvalue weighted by Crippen LogP contribution is -2.22. The second-order valence-corrected chi connectivity index (χ2v) is 3.22. The molecule has 0 aliphatic heterocycles. The van der Waals surface area contributed by atoms with E-state index in [9.17, 15) is 0 Å². The molecule has 0 saturated heterocycles. The maximum absolute atomic E-state index is 5.69. The second kappa shape index (κ2) is 4.94. The van der Waals surface area contributed by atoms with Crippen molar-refractivity contribution in [3.8, 4) is 0 Å². The minimum Gasteiger partial charge on any atom is -0.325 e. The van der Waals surface area contributed by atoms with Gasteiger partial charge < -0.3 is 5.73 Å². The SMILES string of the molecule is BC(=C)[C@@H](N)CCSC. The van der Waals surface area contributed by atoms with E-state index in [1.54, 1.807) is 0 Å². The Hall–Kier alpha value is 0.115. The smallest absolute Gasteiger partial charge is 0.135 e. The molecule has 0 amide bonds. The van der Waals surface area contributed by atoms with Crippen LogP contribution in [0, 0.1) is 0 Å². The van der Waals surface area contributed by atoms with Crippen molar-refractivity contribution in [2.75, 3.05) is 12.0 Å². The Morgan fingerprint density at radius 1 is 1.89 bits per heavy atom. The topological polar surface area (TPSA) is 26.0 Å². The van der Waals surface area contributed by atoms with Crippen LogP contribution < -0.4 is 5.73 Å². The van der Waals surface area contributed by atoms with E-state index < -0.39 is 0 Å². The van der Waals surface area contributed by atoms with E-state index >= 15 is 0 Å². The van der Waals surface area contributed by atoms with E-state index in [0.717, 1.165) is 17.6 Å². The van der Waals surface area contributed by atoms with Crippen LogP contribution in [0.15, 0.2) is 12.1 Å². The molecule has 0 unspecified atom stereocenters. The monoisotopic (exact) mass is 143 g/mol. The lowest BCUT2D eigenvalue weighted by molar-refractivity contribution is 0.780. The van der Waals surface area contributed by atoms with Crippen LogP contribution in [0.4, 0.5) is 0 Å². The van der Waals surface area contributed by atoms with Gasteiger partial charge in [-0.25, -0.2) is 0 Å². The Kier molecular flexibility index (Phi) is 5.01. The van der Waals surface area contributed by atoms with Crippen molar-refractivity contribution in [2.45, 2.75) is 12.5 Å². The number of thioether (sulfide) groups is 1. The fourth-order valence-corrected chi connectivity index (χ4v) is 0.981. The Morgan fingerprint density at radius 2 is 2.44 bits per heavy atom. The van der Waals surface area contributed by atoms with Gasteiger partial charge in [0.05, 0.1) is 0 Å². The van der Waals surface area contributed by atoms with Gasteiger partial charge in [-0.15, -0.1) is 12.1 Å². The third-order valence-electron chi connectivity index (χ3n) is 1.27. The summed E-state index contributed by atoms with van der Waals surface area (Å²) in [5.74, 6) is 1.13. The largest absolute Gasteiger partial charge is 0.325 e. The van der Waals surface area contributed by atoms with Crippen molar-refractivity contribution in [2.24, 2.45) is 5.73 Å². The molecule has 0 heterocycles. The van der Waals surface area contributed by atoms with Crippen molar-refractivity contribution in [1.82, 2.24) is 0 Å². The van der Waals surface area contributed by atoms with Gasteiger partial charge in [0.25, 0.3) is 0 Å². The Morgan fingerprint density at radius 3 is 2.78 bits per heavy atom. The summed E-state index contributed by atoms with van der Waals surface area (Å²) in [6, 6.07) is 0.206. The van der Waals surface area contributed by atoms with Gasteiger partial charge in [-0.3, -0.25) is 0 Å². The molecule has 0 rings (SSSR count). The lowest BCUT2D eigenvalue weighted by Gasteiger charge is -2.08. The van der Waals surface area contributed by atoms with E-state index in [-0.39, 0.29) is 6.04 Å². The molecule has 0 aromatic heterocycles. The minimum absolute atomic E-state index is 0.206. The summed E-state index contributed by atoms with van der Waals surface area (Å²) in [4.78, 5) is 0. The highest BCUT2D eigenvalue weighted by molar-refractivity contribution is 7.98. The molecule has 0 aromatic carbocycles. The summed E-state index contributed by atoms with van der Waals surface area (Å²) in [7, 11) is 1.98. The van der Waals surface area contributed by atoms with E-state index in [4.69, 9.17) is 5.73 Å². The molecule has 0 bridgehead atoms. The van der Waals surface area contributed by atoms with Crippen molar-refractivity contribution in [1.29, 1.82) is 0 Å². The van der Waals surface area contributed by atoms with Crippen molar-refractivity contribution < 1.29 is 0 Å². The fraction of sp³-hybridized carbons (Fsp3) is 0.667. The van der Waals surface area contributed by atoms with Crippen LogP contribution in [0.5, 0.6) is 0 Å². The summed E-state index contributed by atoms with van der Waals surface area (Å²) >= 11 is 1.83. The van der Waals surface area contributed by atoms with E-state index in [1.165, 1.54) is 0 Å². The predicted molar refractivity (Wildman–Crippen MR) is 48.7 cm³/mol. The highest BCUT2D eigenvalue weighted by Crippen LogP contribution is 2.02. The van der Waals surface area contributed by atoms with Gasteiger partial charge in [0.15, 0.2) is 0 Å². The van der Waals surface area contributed by atoms with E-state index in [1.807, 2.05) is 19.6 Å². The number of hydrogen-bond acceptors (Lipinski definition) is 2. The van der Waals surface area contributed by atoms with Crippen molar-refractivity contribution in [3.63, 3.8) is 0 Å². The van der Waals surface area contributed by atoms with Crippen LogP contribution in [0.1, 0.15) is 6.42 Å².